The summed E-state index contributed by atoms with van der Waals surface area (Å²) in [6.07, 6.45) is 0.371. The van der Waals surface area contributed by atoms with Gasteiger partial charge in [0.2, 0.25) is 0 Å². The number of hydrogen-bond acceptors (Lipinski definition) is 3. The van der Waals surface area contributed by atoms with Crippen LogP contribution in [0.25, 0.3) is 0 Å². The minimum Gasteiger partial charge on any atom is -0.389 e. The lowest BCUT2D eigenvalue weighted by Gasteiger charge is -2.13. The SMILES string of the molecule is C=CCOC(N)C(C)O. The molecule has 0 saturated carbocycles. The molecule has 54 valence electrons. The van der Waals surface area contributed by atoms with Crippen LogP contribution in [0.2, 0.25) is 0 Å². The van der Waals surface area contributed by atoms with Crippen molar-refractivity contribution >= 4 is 0 Å². The molecule has 0 aliphatic heterocycles. The van der Waals surface area contributed by atoms with Crippen LogP contribution in [0.15, 0.2) is 12.7 Å². The maximum absolute atomic E-state index is 8.76. The Kier molecular flexibility index (Phi) is 4.30. The fraction of sp³-hybridized carbons (Fsp3) is 0.667. The molecule has 0 fully saturated rings. The second-order valence-corrected chi connectivity index (χ2v) is 1.83. The maximum atomic E-state index is 8.76. The molecule has 0 spiro atoms. The Bertz CT molecular complexity index is 83.1. The van der Waals surface area contributed by atoms with Crippen LogP contribution in [0.1, 0.15) is 6.92 Å². The summed E-state index contributed by atoms with van der Waals surface area (Å²) in [5.74, 6) is 0. The topological polar surface area (TPSA) is 55.5 Å². The van der Waals surface area contributed by atoms with Gasteiger partial charge in [0.25, 0.3) is 0 Å². The highest BCUT2D eigenvalue weighted by atomic mass is 16.5. The van der Waals surface area contributed by atoms with Crippen molar-refractivity contribution in [3.8, 4) is 0 Å². The second kappa shape index (κ2) is 4.49. The van der Waals surface area contributed by atoms with E-state index in [4.69, 9.17) is 15.6 Å². The van der Waals surface area contributed by atoms with Crippen LogP contribution < -0.4 is 5.73 Å². The molecule has 0 aromatic carbocycles. The molecule has 0 aliphatic carbocycles. The summed E-state index contributed by atoms with van der Waals surface area (Å²) < 4.78 is 4.86. The van der Waals surface area contributed by atoms with E-state index in [2.05, 4.69) is 6.58 Å². The quantitative estimate of drug-likeness (QED) is 0.412. The van der Waals surface area contributed by atoms with E-state index in [0.29, 0.717) is 6.61 Å². The highest BCUT2D eigenvalue weighted by Gasteiger charge is 2.06. The first kappa shape index (κ1) is 8.62. The van der Waals surface area contributed by atoms with E-state index in [1.54, 1.807) is 13.0 Å². The van der Waals surface area contributed by atoms with Crippen molar-refractivity contribution in [3.63, 3.8) is 0 Å². The molecule has 0 heterocycles. The van der Waals surface area contributed by atoms with Crippen molar-refractivity contribution in [2.75, 3.05) is 6.61 Å². The van der Waals surface area contributed by atoms with Crippen molar-refractivity contribution in [1.29, 1.82) is 0 Å². The van der Waals surface area contributed by atoms with E-state index >= 15 is 0 Å². The molecule has 2 atom stereocenters. The van der Waals surface area contributed by atoms with Crippen molar-refractivity contribution in [2.24, 2.45) is 5.73 Å². The van der Waals surface area contributed by atoms with Crippen molar-refractivity contribution < 1.29 is 9.84 Å². The fourth-order valence-corrected chi connectivity index (χ4v) is 0.318. The largest absolute Gasteiger partial charge is 0.389 e. The first-order valence-corrected chi connectivity index (χ1v) is 2.84. The summed E-state index contributed by atoms with van der Waals surface area (Å²) in [6.45, 7) is 5.39. The van der Waals surface area contributed by atoms with Gasteiger partial charge in [-0.1, -0.05) is 6.08 Å². The van der Waals surface area contributed by atoms with Crippen LogP contribution in [0.3, 0.4) is 0 Å². The number of nitrogens with two attached hydrogens (primary N) is 1. The number of aliphatic hydroxyl groups excluding tert-OH is 1. The highest BCUT2D eigenvalue weighted by Crippen LogP contribution is 1.89. The van der Waals surface area contributed by atoms with Crippen molar-refractivity contribution in [2.45, 2.75) is 19.3 Å². The molecule has 3 nitrogen and oxygen atoms in total. The third-order valence-corrected chi connectivity index (χ3v) is 0.882. The van der Waals surface area contributed by atoms with Crippen LogP contribution in [0, 0.1) is 0 Å². The molecule has 0 amide bonds. The summed E-state index contributed by atoms with van der Waals surface area (Å²) in [6, 6.07) is 0. The zero-order chi connectivity index (χ0) is 7.28. The second-order valence-electron chi connectivity index (χ2n) is 1.83. The van der Waals surface area contributed by atoms with Gasteiger partial charge in [-0.05, 0) is 6.92 Å². The first-order chi connectivity index (χ1) is 4.18. The van der Waals surface area contributed by atoms with Gasteiger partial charge in [-0.15, -0.1) is 6.58 Å². The third-order valence-electron chi connectivity index (χ3n) is 0.882. The lowest BCUT2D eigenvalue weighted by atomic mass is 10.4. The molecule has 3 N–H and O–H groups in total. The molecule has 0 bridgehead atoms. The molecule has 9 heavy (non-hydrogen) atoms. The lowest BCUT2D eigenvalue weighted by molar-refractivity contribution is -0.0134. The van der Waals surface area contributed by atoms with Gasteiger partial charge < -0.3 is 15.6 Å². The Balaban J connectivity index is 3.26. The number of aliphatic hydroxyl groups is 1. The molecular formula is C6H13NO2. The molecule has 0 aliphatic rings. The van der Waals surface area contributed by atoms with E-state index < -0.39 is 12.3 Å². The van der Waals surface area contributed by atoms with Gasteiger partial charge >= 0.3 is 0 Å². The van der Waals surface area contributed by atoms with E-state index in [0.717, 1.165) is 0 Å². The molecule has 0 radical (unpaired) electrons. The molecule has 0 aromatic rings. The lowest BCUT2D eigenvalue weighted by Crippen LogP contribution is -2.35. The first-order valence-electron chi connectivity index (χ1n) is 2.84. The van der Waals surface area contributed by atoms with Gasteiger partial charge in [0.1, 0.15) is 6.23 Å². The predicted molar refractivity (Wildman–Crippen MR) is 35.8 cm³/mol. The van der Waals surface area contributed by atoms with Crippen LogP contribution in [0.5, 0.6) is 0 Å². The van der Waals surface area contributed by atoms with Gasteiger partial charge in [0.05, 0.1) is 12.7 Å². The number of hydrogen-bond donors (Lipinski definition) is 2. The Hall–Kier alpha value is -0.380. The summed E-state index contributed by atoms with van der Waals surface area (Å²) in [7, 11) is 0. The molecule has 3 heteroatoms. The van der Waals surface area contributed by atoms with Crippen LogP contribution in [0.4, 0.5) is 0 Å². The normalized spacial score (nSPS) is 16.8. The summed E-state index contributed by atoms with van der Waals surface area (Å²) in [5.41, 5.74) is 5.28. The Morgan fingerprint density at radius 1 is 1.89 bits per heavy atom. The number of rotatable bonds is 4. The zero-order valence-electron chi connectivity index (χ0n) is 5.58. The van der Waals surface area contributed by atoms with E-state index in [1.165, 1.54) is 0 Å². The monoisotopic (exact) mass is 131 g/mol. The maximum Gasteiger partial charge on any atom is 0.131 e. The van der Waals surface area contributed by atoms with Crippen LogP contribution in [-0.2, 0) is 4.74 Å². The summed E-state index contributed by atoms with van der Waals surface area (Å²) in [5, 5.41) is 8.76. The third kappa shape index (κ3) is 4.14. The predicted octanol–water partition coefficient (Wildman–Crippen LogP) is -0.145. The molecule has 0 saturated heterocycles. The van der Waals surface area contributed by atoms with Gasteiger partial charge in [-0.2, -0.15) is 0 Å². The molecule has 2 unspecified atom stereocenters. The summed E-state index contributed by atoms with van der Waals surface area (Å²) >= 11 is 0. The minimum absolute atomic E-state index is 0.381. The van der Waals surface area contributed by atoms with Crippen molar-refractivity contribution in [1.82, 2.24) is 0 Å². The van der Waals surface area contributed by atoms with Gasteiger partial charge in [0, 0.05) is 0 Å². The van der Waals surface area contributed by atoms with E-state index in [-0.39, 0.29) is 0 Å². The molecular weight excluding hydrogens is 118 g/mol. The molecule has 0 aromatic heterocycles. The van der Waals surface area contributed by atoms with Crippen LogP contribution in [-0.4, -0.2) is 24.0 Å². The highest BCUT2D eigenvalue weighted by molar-refractivity contribution is 4.66. The van der Waals surface area contributed by atoms with Gasteiger partial charge in [-0.25, -0.2) is 0 Å². The van der Waals surface area contributed by atoms with Crippen molar-refractivity contribution in [3.05, 3.63) is 12.7 Å². The fourth-order valence-electron chi connectivity index (χ4n) is 0.318. The zero-order valence-corrected chi connectivity index (χ0v) is 5.58. The van der Waals surface area contributed by atoms with E-state index in [1.807, 2.05) is 0 Å². The van der Waals surface area contributed by atoms with Crippen LogP contribution >= 0.6 is 0 Å². The Morgan fingerprint density at radius 3 is 2.78 bits per heavy atom. The average Bonchev–Trinajstić information content (AvgIpc) is 1.82. The Morgan fingerprint density at radius 2 is 2.44 bits per heavy atom. The molecule has 0 rings (SSSR count). The van der Waals surface area contributed by atoms with Gasteiger partial charge in [-0.3, -0.25) is 0 Å². The average molecular weight is 131 g/mol. The standard InChI is InChI=1S/C6H13NO2/c1-3-4-9-6(7)5(2)8/h3,5-6,8H,1,4,7H2,2H3. The Labute approximate surface area is 55.1 Å². The smallest absolute Gasteiger partial charge is 0.131 e. The number of ether oxygens (including phenoxy) is 1. The van der Waals surface area contributed by atoms with E-state index in [9.17, 15) is 0 Å². The minimum atomic E-state index is -0.620. The summed E-state index contributed by atoms with van der Waals surface area (Å²) in [4.78, 5) is 0. The van der Waals surface area contributed by atoms with Gasteiger partial charge in [0.15, 0.2) is 0 Å².